The molecule has 0 atom stereocenters. The van der Waals surface area contributed by atoms with Crippen LogP contribution >= 0.6 is 0 Å². The fourth-order valence-corrected chi connectivity index (χ4v) is 2.92. The first-order valence-electron chi connectivity index (χ1n) is 6.92. The molecule has 0 aliphatic heterocycles. The fourth-order valence-electron chi connectivity index (χ4n) is 1.82. The van der Waals surface area contributed by atoms with E-state index < -0.39 is 14.9 Å². The fraction of sp³-hybridized carbons (Fsp3) is 0.200. The van der Waals surface area contributed by atoms with E-state index in [9.17, 15) is 18.5 Å². The summed E-state index contributed by atoms with van der Waals surface area (Å²) in [5.74, 6) is 0.644. The average molecular weight is 336 g/mol. The molecule has 0 fully saturated rings. The van der Waals surface area contributed by atoms with Crippen molar-refractivity contribution in [3.8, 4) is 5.75 Å². The summed E-state index contributed by atoms with van der Waals surface area (Å²) in [5, 5.41) is 10.7. The zero-order valence-corrected chi connectivity index (χ0v) is 13.2. The molecule has 0 aliphatic carbocycles. The van der Waals surface area contributed by atoms with Crippen LogP contribution in [-0.4, -0.2) is 19.9 Å². The lowest BCUT2D eigenvalue weighted by molar-refractivity contribution is -0.385. The molecule has 0 saturated carbocycles. The molecule has 0 aliphatic rings. The number of ether oxygens (including phenoxy) is 1. The molecule has 0 bridgehead atoms. The van der Waals surface area contributed by atoms with E-state index in [0.29, 0.717) is 18.0 Å². The molecule has 0 aromatic heterocycles. The summed E-state index contributed by atoms with van der Waals surface area (Å²) in [5.41, 5.74) is 0.0662. The minimum Gasteiger partial charge on any atom is -0.494 e. The summed E-state index contributed by atoms with van der Waals surface area (Å²) >= 11 is 0. The average Bonchev–Trinajstić information content (AvgIpc) is 2.54. The lowest BCUT2D eigenvalue weighted by Gasteiger charge is -2.09. The van der Waals surface area contributed by atoms with Crippen LogP contribution in [0.15, 0.2) is 53.4 Å². The van der Waals surface area contributed by atoms with Crippen LogP contribution in [0.3, 0.4) is 0 Å². The molecule has 23 heavy (non-hydrogen) atoms. The van der Waals surface area contributed by atoms with Crippen molar-refractivity contribution >= 4 is 21.4 Å². The molecule has 1 N–H and O–H groups in total. The van der Waals surface area contributed by atoms with Crippen molar-refractivity contribution in [1.29, 1.82) is 0 Å². The smallest absolute Gasteiger partial charge is 0.270 e. The molecule has 2 aromatic carbocycles. The van der Waals surface area contributed by atoms with Crippen LogP contribution in [0, 0.1) is 10.1 Å². The number of nitrogens with one attached hydrogen (secondary N) is 1. The number of rotatable bonds is 7. The Morgan fingerprint density at radius 1 is 1.17 bits per heavy atom. The highest BCUT2D eigenvalue weighted by Gasteiger charge is 2.17. The standard InChI is InChI=1S/C15H16N2O5S/c1-2-10-22-14-8-6-12(7-9-14)16-23(20,21)15-5-3-4-13(11-15)17(18)19/h3-9,11,16H,2,10H2,1H3. The summed E-state index contributed by atoms with van der Waals surface area (Å²) in [6.07, 6.45) is 0.876. The topological polar surface area (TPSA) is 98.5 Å². The number of nitro groups is 1. The van der Waals surface area contributed by atoms with Gasteiger partial charge in [-0.05, 0) is 36.8 Å². The molecular formula is C15H16N2O5S. The normalized spacial score (nSPS) is 11.0. The van der Waals surface area contributed by atoms with Crippen LogP contribution in [0.4, 0.5) is 11.4 Å². The third-order valence-corrected chi connectivity index (χ3v) is 4.30. The molecule has 2 aromatic rings. The largest absolute Gasteiger partial charge is 0.494 e. The molecule has 2 rings (SSSR count). The second kappa shape index (κ2) is 7.10. The summed E-state index contributed by atoms with van der Waals surface area (Å²) in [6, 6.07) is 11.3. The van der Waals surface area contributed by atoms with Crippen molar-refractivity contribution in [3.05, 3.63) is 58.6 Å². The van der Waals surface area contributed by atoms with Crippen LogP contribution in [0.25, 0.3) is 0 Å². The van der Waals surface area contributed by atoms with Crippen molar-refractivity contribution in [2.24, 2.45) is 0 Å². The third kappa shape index (κ3) is 4.43. The van der Waals surface area contributed by atoms with Gasteiger partial charge in [0.15, 0.2) is 0 Å². The van der Waals surface area contributed by atoms with Gasteiger partial charge in [-0.1, -0.05) is 13.0 Å². The number of hydrogen-bond acceptors (Lipinski definition) is 5. The maximum Gasteiger partial charge on any atom is 0.270 e. The van der Waals surface area contributed by atoms with Crippen LogP contribution in [0.2, 0.25) is 0 Å². The van der Waals surface area contributed by atoms with Gasteiger partial charge in [0.2, 0.25) is 0 Å². The van der Waals surface area contributed by atoms with E-state index >= 15 is 0 Å². The van der Waals surface area contributed by atoms with Gasteiger partial charge in [0, 0.05) is 17.8 Å². The molecule has 7 nitrogen and oxygen atoms in total. The summed E-state index contributed by atoms with van der Waals surface area (Å²) in [4.78, 5) is 9.93. The molecule has 0 saturated heterocycles. The van der Waals surface area contributed by atoms with E-state index in [-0.39, 0.29) is 10.6 Å². The van der Waals surface area contributed by atoms with Crippen LogP contribution in [0.1, 0.15) is 13.3 Å². The first-order valence-corrected chi connectivity index (χ1v) is 8.41. The second-order valence-corrected chi connectivity index (χ2v) is 6.42. The van der Waals surface area contributed by atoms with Crippen LogP contribution in [-0.2, 0) is 10.0 Å². The van der Waals surface area contributed by atoms with Crippen molar-refractivity contribution in [2.45, 2.75) is 18.2 Å². The van der Waals surface area contributed by atoms with Gasteiger partial charge in [-0.15, -0.1) is 0 Å². The summed E-state index contributed by atoms with van der Waals surface area (Å²) in [7, 11) is -3.89. The minimum atomic E-state index is -3.89. The monoisotopic (exact) mass is 336 g/mol. The van der Waals surface area contributed by atoms with Gasteiger partial charge < -0.3 is 4.74 Å². The Balaban J connectivity index is 2.17. The first-order chi connectivity index (χ1) is 10.9. The molecule has 122 valence electrons. The van der Waals surface area contributed by atoms with E-state index in [4.69, 9.17) is 4.74 Å². The van der Waals surface area contributed by atoms with E-state index in [1.807, 2.05) is 6.92 Å². The van der Waals surface area contributed by atoms with Crippen molar-refractivity contribution < 1.29 is 18.1 Å². The highest BCUT2D eigenvalue weighted by molar-refractivity contribution is 7.92. The Kier molecular flexibility index (Phi) is 5.17. The number of anilines is 1. The number of nitrogens with zero attached hydrogens (tertiary/aromatic N) is 1. The number of hydrogen-bond donors (Lipinski definition) is 1. The Hall–Kier alpha value is -2.61. The maximum atomic E-state index is 12.3. The highest BCUT2D eigenvalue weighted by atomic mass is 32.2. The molecule has 0 radical (unpaired) electrons. The van der Waals surface area contributed by atoms with Crippen molar-refractivity contribution in [2.75, 3.05) is 11.3 Å². The molecule has 0 unspecified atom stereocenters. The quantitative estimate of drug-likeness (QED) is 0.618. The lowest BCUT2D eigenvalue weighted by atomic mass is 10.3. The van der Waals surface area contributed by atoms with Gasteiger partial charge in [0.25, 0.3) is 15.7 Å². The zero-order valence-electron chi connectivity index (χ0n) is 12.4. The van der Waals surface area contributed by atoms with Crippen LogP contribution < -0.4 is 9.46 Å². The van der Waals surface area contributed by atoms with E-state index in [1.54, 1.807) is 24.3 Å². The number of nitro benzene ring substituents is 1. The first kappa shape index (κ1) is 16.8. The maximum absolute atomic E-state index is 12.3. The third-order valence-electron chi connectivity index (χ3n) is 2.92. The van der Waals surface area contributed by atoms with Crippen molar-refractivity contribution in [1.82, 2.24) is 0 Å². The van der Waals surface area contributed by atoms with Gasteiger partial charge in [-0.2, -0.15) is 0 Å². The van der Waals surface area contributed by atoms with E-state index in [2.05, 4.69) is 4.72 Å². The SMILES string of the molecule is CCCOc1ccc(NS(=O)(=O)c2cccc([N+](=O)[O-])c2)cc1. The van der Waals surface area contributed by atoms with Crippen LogP contribution in [0.5, 0.6) is 5.75 Å². The minimum absolute atomic E-state index is 0.169. The molecular weight excluding hydrogens is 320 g/mol. The second-order valence-electron chi connectivity index (χ2n) is 4.73. The van der Waals surface area contributed by atoms with Crippen molar-refractivity contribution in [3.63, 3.8) is 0 Å². The Labute approximate surface area is 134 Å². The highest BCUT2D eigenvalue weighted by Crippen LogP contribution is 2.22. The van der Waals surface area contributed by atoms with Gasteiger partial charge in [-0.3, -0.25) is 14.8 Å². The number of non-ortho nitro benzene ring substituents is 1. The number of benzene rings is 2. The summed E-state index contributed by atoms with van der Waals surface area (Å²) < 4.78 is 32.3. The number of sulfonamides is 1. The van der Waals surface area contributed by atoms with Gasteiger partial charge >= 0.3 is 0 Å². The molecule has 0 spiro atoms. The molecule has 0 heterocycles. The lowest BCUT2D eigenvalue weighted by Crippen LogP contribution is -2.13. The predicted molar refractivity (Wildman–Crippen MR) is 86.1 cm³/mol. The van der Waals surface area contributed by atoms with Gasteiger partial charge in [0.05, 0.1) is 16.4 Å². The zero-order chi connectivity index (χ0) is 16.9. The van der Waals surface area contributed by atoms with E-state index in [0.717, 1.165) is 12.5 Å². The van der Waals surface area contributed by atoms with Gasteiger partial charge in [0.1, 0.15) is 5.75 Å². The molecule has 0 amide bonds. The summed E-state index contributed by atoms with van der Waals surface area (Å²) in [6.45, 7) is 2.57. The Morgan fingerprint density at radius 3 is 2.48 bits per heavy atom. The predicted octanol–water partition coefficient (Wildman–Crippen LogP) is 3.18. The molecule has 8 heteroatoms. The Bertz CT molecular complexity index is 788. The van der Waals surface area contributed by atoms with E-state index in [1.165, 1.54) is 18.2 Å². The Morgan fingerprint density at radius 2 is 1.87 bits per heavy atom. The van der Waals surface area contributed by atoms with Gasteiger partial charge in [-0.25, -0.2) is 8.42 Å².